The van der Waals surface area contributed by atoms with Crippen molar-refractivity contribution in [2.45, 2.75) is 25.4 Å². The second kappa shape index (κ2) is 6.06. The van der Waals surface area contributed by atoms with Gasteiger partial charge in [0.05, 0.1) is 12.7 Å². The Balaban J connectivity index is 1.53. The van der Waals surface area contributed by atoms with Gasteiger partial charge in [-0.25, -0.2) is 9.18 Å². The zero-order chi connectivity index (χ0) is 17.6. The summed E-state index contributed by atoms with van der Waals surface area (Å²) in [4.78, 5) is 16.2. The molecule has 2 aromatic carbocycles. The number of carbonyl (C=O) groups excluding carboxylic acids is 1. The Bertz CT molecular complexity index is 823. The SMILES string of the molecule is COC(=O)c1ccc(N2C[C@H]3C[C@@H]2CN3c2cccc(C)c2)cc1F. The molecule has 0 amide bonds. The molecule has 4 nitrogen and oxygen atoms in total. The van der Waals surface area contributed by atoms with E-state index < -0.39 is 11.8 Å². The Morgan fingerprint density at radius 1 is 1.08 bits per heavy atom. The first-order chi connectivity index (χ1) is 12.1. The van der Waals surface area contributed by atoms with Crippen molar-refractivity contribution in [1.82, 2.24) is 0 Å². The van der Waals surface area contributed by atoms with E-state index in [2.05, 4.69) is 45.7 Å². The molecule has 4 rings (SSSR count). The fourth-order valence-corrected chi connectivity index (χ4v) is 4.06. The number of hydrogen-bond donors (Lipinski definition) is 0. The summed E-state index contributed by atoms with van der Waals surface area (Å²) in [7, 11) is 1.26. The zero-order valence-electron chi connectivity index (χ0n) is 14.4. The topological polar surface area (TPSA) is 32.8 Å². The summed E-state index contributed by atoms with van der Waals surface area (Å²) in [6.45, 7) is 3.92. The molecule has 130 valence electrons. The number of piperazine rings is 1. The van der Waals surface area contributed by atoms with Crippen LogP contribution in [0.2, 0.25) is 0 Å². The van der Waals surface area contributed by atoms with E-state index >= 15 is 0 Å². The van der Waals surface area contributed by atoms with Gasteiger partial charge in [-0.3, -0.25) is 0 Å². The maximum Gasteiger partial charge on any atom is 0.340 e. The van der Waals surface area contributed by atoms with Crippen molar-refractivity contribution in [1.29, 1.82) is 0 Å². The zero-order valence-corrected chi connectivity index (χ0v) is 14.4. The highest BCUT2D eigenvalue weighted by Gasteiger charge is 2.43. The van der Waals surface area contributed by atoms with Crippen LogP contribution in [0, 0.1) is 12.7 Å². The number of carbonyl (C=O) groups is 1. The molecule has 2 aliphatic rings. The number of halogens is 1. The van der Waals surface area contributed by atoms with Crippen LogP contribution >= 0.6 is 0 Å². The molecular formula is C20H21FN2O2. The van der Waals surface area contributed by atoms with Gasteiger partial charge in [-0.2, -0.15) is 0 Å². The minimum atomic E-state index is -0.641. The lowest BCUT2D eigenvalue weighted by atomic mass is 10.1. The molecule has 0 N–H and O–H groups in total. The number of methoxy groups -OCH3 is 1. The normalized spacial score (nSPS) is 21.7. The van der Waals surface area contributed by atoms with E-state index in [4.69, 9.17) is 0 Å². The fourth-order valence-electron chi connectivity index (χ4n) is 4.06. The molecule has 0 unspecified atom stereocenters. The highest BCUT2D eigenvalue weighted by atomic mass is 19.1. The lowest BCUT2D eigenvalue weighted by molar-refractivity contribution is 0.0595. The Hall–Kier alpha value is -2.56. The highest BCUT2D eigenvalue weighted by Crippen LogP contribution is 2.37. The summed E-state index contributed by atoms with van der Waals surface area (Å²) in [5, 5.41) is 0. The molecule has 5 heteroatoms. The first-order valence-corrected chi connectivity index (χ1v) is 8.54. The van der Waals surface area contributed by atoms with Gasteiger partial charge in [0.25, 0.3) is 0 Å². The number of aryl methyl sites for hydroxylation is 1. The maximum atomic E-state index is 14.2. The van der Waals surface area contributed by atoms with Crippen LogP contribution in [-0.4, -0.2) is 38.3 Å². The van der Waals surface area contributed by atoms with Crippen LogP contribution < -0.4 is 9.80 Å². The molecule has 25 heavy (non-hydrogen) atoms. The van der Waals surface area contributed by atoms with Crippen LogP contribution in [0.15, 0.2) is 42.5 Å². The molecule has 2 aromatic rings. The van der Waals surface area contributed by atoms with E-state index in [9.17, 15) is 9.18 Å². The van der Waals surface area contributed by atoms with Crippen molar-refractivity contribution in [3.63, 3.8) is 0 Å². The van der Waals surface area contributed by atoms with Crippen LogP contribution in [0.3, 0.4) is 0 Å². The number of ether oxygens (including phenoxy) is 1. The van der Waals surface area contributed by atoms with Gasteiger partial charge < -0.3 is 14.5 Å². The largest absolute Gasteiger partial charge is 0.465 e. The summed E-state index contributed by atoms with van der Waals surface area (Å²) < 4.78 is 18.8. The molecule has 2 heterocycles. The Morgan fingerprint density at radius 2 is 1.76 bits per heavy atom. The molecule has 2 fully saturated rings. The highest BCUT2D eigenvalue weighted by molar-refractivity contribution is 5.90. The lowest BCUT2D eigenvalue weighted by Gasteiger charge is -2.37. The number of nitrogens with zero attached hydrogens (tertiary/aromatic N) is 2. The van der Waals surface area contributed by atoms with Crippen molar-refractivity contribution >= 4 is 17.3 Å². The fraction of sp³-hybridized carbons (Fsp3) is 0.350. The monoisotopic (exact) mass is 340 g/mol. The van der Waals surface area contributed by atoms with Gasteiger partial charge in [0.2, 0.25) is 0 Å². The van der Waals surface area contributed by atoms with Crippen molar-refractivity contribution in [2.24, 2.45) is 0 Å². The van der Waals surface area contributed by atoms with E-state index in [0.717, 1.165) is 25.2 Å². The summed E-state index contributed by atoms with van der Waals surface area (Å²) in [6.07, 6.45) is 1.08. The summed E-state index contributed by atoms with van der Waals surface area (Å²) in [5.41, 5.74) is 3.34. The van der Waals surface area contributed by atoms with E-state index in [-0.39, 0.29) is 5.56 Å². The van der Waals surface area contributed by atoms with Gasteiger partial charge in [-0.1, -0.05) is 12.1 Å². The van der Waals surface area contributed by atoms with Crippen LogP contribution in [0.5, 0.6) is 0 Å². The Kier molecular flexibility index (Phi) is 3.86. The van der Waals surface area contributed by atoms with Crippen molar-refractivity contribution in [3.05, 3.63) is 59.4 Å². The number of rotatable bonds is 3. The van der Waals surface area contributed by atoms with E-state index in [1.54, 1.807) is 0 Å². The quantitative estimate of drug-likeness (QED) is 0.802. The van der Waals surface area contributed by atoms with Gasteiger partial charge >= 0.3 is 5.97 Å². The molecule has 0 aromatic heterocycles. The van der Waals surface area contributed by atoms with Gasteiger partial charge in [-0.05, 0) is 49.2 Å². The van der Waals surface area contributed by atoms with Crippen molar-refractivity contribution in [2.75, 3.05) is 30.0 Å². The number of benzene rings is 2. The van der Waals surface area contributed by atoms with E-state index in [1.165, 1.54) is 30.5 Å². The second-order valence-corrected chi connectivity index (χ2v) is 6.84. The minimum absolute atomic E-state index is 0.0167. The second-order valence-electron chi connectivity index (χ2n) is 6.84. The van der Waals surface area contributed by atoms with Gasteiger partial charge in [0.1, 0.15) is 5.82 Å². The maximum absolute atomic E-state index is 14.2. The first kappa shape index (κ1) is 15.9. The third-order valence-electron chi connectivity index (χ3n) is 5.26. The Labute approximate surface area is 146 Å². The molecule has 2 atom stereocenters. The Morgan fingerprint density at radius 3 is 2.32 bits per heavy atom. The van der Waals surface area contributed by atoms with Crippen molar-refractivity contribution in [3.8, 4) is 0 Å². The number of hydrogen-bond acceptors (Lipinski definition) is 4. The molecule has 0 saturated carbocycles. The molecule has 2 aliphatic heterocycles. The van der Waals surface area contributed by atoms with Gasteiger partial charge in [0, 0.05) is 36.5 Å². The van der Waals surface area contributed by atoms with Gasteiger partial charge in [-0.15, -0.1) is 0 Å². The average molecular weight is 340 g/mol. The third kappa shape index (κ3) is 2.73. The summed E-state index contributed by atoms with van der Waals surface area (Å²) in [6, 6.07) is 14.2. The third-order valence-corrected chi connectivity index (χ3v) is 5.26. The minimum Gasteiger partial charge on any atom is -0.465 e. The molecule has 2 saturated heterocycles. The van der Waals surface area contributed by atoms with Crippen molar-refractivity contribution < 1.29 is 13.9 Å². The molecule has 0 spiro atoms. The predicted molar refractivity (Wildman–Crippen MR) is 95.8 cm³/mol. The molecule has 0 radical (unpaired) electrons. The number of esters is 1. The summed E-state index contributed by atoms with van der Waals surface area (Å²) >= 11 is 0. The first-order valence-electron chi connectivity index (χ1n) is 8.54. The van der Waals surface area contributed by atoms with Crippen LogP contribution in [0.1, 0.15) is 22.3 Å². The summed E-state index contributed by atoms with van der Waals surface area (Å²) in [5.74, 6) is -1.17. The lowest BCUT2D eigenvalue weighted by Crippen LogP contribution is -2.46. The van der Waals surface area contributed by atoms with E-state index in [1.807, 2.05) is 6.07 Å². The van der Waals surface area contributed by atoms with Crippen LogP contribution in [-0.2, 0) is 4.74 Å². The number of fused-ring (bicyclic) bond motifs is 2. The van der Waals surface area contributed by atoms with Crippen LogP contribution in [0.4, 0.5) is 15.8 Å². The standard InChI is InChI=1S/C20H21FN2O2/c1-13-4-3-5-14(8-13)22-11-17-9-16(22)12-23(17)15-6-7-18(19(21)10-15)20(24)25-2/h3-8,10,16-17H,9,11-12H2,1-2H3/t16-,17-/m1/s1. The predicted octanol–water partition coefficient (Wildman–Crippen LogP) is 3.39. The van der Waals surface area contributed by atoms with Gasteiger partial charge in [0.15, 0.2) is 0 Å². The molecule has 2 bridgehead atoms. The molecule has 0 aliphatic carbocycles. The van der Waals surface area contributed by atoms with Crippen LogP contribution in [0.25, 0.3) is 0 Å². The average Bonchev–Trinajstić information content (AvgIpc) is 3.21. The van der Waals surface area contributed by atoms with E-state index in [0.29, 0.717) is 12.1 Å². The smallest absolute Gasteiger partial charge is 0.340 e. The molecular weight excluding hydrogens is 319 g/mol. The number of anilines is 2.